The molecule has 3 aromatic rings. The Bertz CT molecular complexity index is 1610. The second-order valence-corrected chi connectivity index (χ2v) is 11.9. The van der Waals surface area contributed by atoms with Crippen LogP contribution >= 0.6 is 11.6 Å². The Balaban J connectivity index is 1.51. The Morgan fingerprint density at radius 2 is 1.77 bits per heavy atom. The van der Waals surface area contributed by atoms with Gasteiger partial charge >= 0.3 is 12.6 Å². The molecule has 12 heteroatoms. The number of carbonyl (C=O) groups is 2. The minimum atomic E-state index is -2.99. The Hall–Kier alpha value is -4.38. The Kier molecular flexibility index (Phi) is 8.44. The maximum Gasteiger partial charge on any atom is 0.387 e. The standard InChI is InChI=1S/C32H32ClF2N3O6/c1-18(37-44-31(2,3)29(40)41)20-13-22(15-24(14-20)42-4)36-27(19-5-7-21(33)8-6-19)28(39)38-17-32(11-12-32)25-10-9-23(16-26(25)38)43-30(34)35/h5-10,13-16,27,30,36H,11-12,17H2,1-4H3,(H,40,41). The summed E-state index contributed by atoms with van der Waals surface area (Å²) in [4.78, 5) is 32.8. The highest BCUT2D eigenvalue weighted by atomic mass is 35.5. The molecule has 5 rings (SSSR count). The minimum Gasteiger partial charge on any atom is -0.497 e. The van der Waals surface area contributed by atoms with Gasteiger partial charge in [0.2, 0.25) is 5.60 Å². The second kappa shape index (κ2) is 12.0. The monoisotopic (exact) mass is 627 g/mol. The first-order valence-corrected chi connectivity index (χ1v) is 14.3. The zero-order valence-corrected chi connectivity index (χ0v) is 25.3. The van der Waals surface area contributed by atoms with Gasteiger partial charge in [0.1, 0.15) is 17.5 Å². The lowest BCUT2D eigenvalue weighted by Gasteiger charge is -2.27. The number of hydrogen-bond acceptors (Lipinski definition) is 7. The number of anilines is 2. The van der Waals surface area contributed by atoms with Crippen LogP contribution in [0.25, 0.3) is 0 Å². The van der Waals surface area contributed by atoms with Gasteiger partial charge in [-0.2, -0.15) is 8.78 Å². The molecule has 44 heavy (non-hydrogen) atoms. The van der Waals surface area contributed by atoms with Crippen molar-refractivity contribution in [2.75, 3.05) is 23.9 Å². The topological polar surface area (TPSA) is 110 Å². The molecular formula is C32H32ClF2N3O6. The van der Waals surface area contributed by atoms with Gasteiger partial charge in [0.25, 0.3) is 5.91 Å². The van der Waals surface area contributed by atoms with Crippen LogP contribution in [-0.2, 0) is 19.8 Å². The Morgan fingerprint density at radius 1 is 1.07 bits per heavy atom. The molecule has 232 valence electrons. The van der Waals surface area contributed by atoms with E-state index in [2.05, 4.69) is 15.2 Å². The number of ether oxygens (including phenoxy) is 2. The molecule has 1 fully saturated rings. The molecule has 2 N–H and O–H groups in total. The van der Waals surface area contributed by atoms with Gasteiger partial charge in [0, 0.05) is 40.4 Å². The molecule has 1 aliphatic carbocycles. The molecule has 1 heterocycles. The van der Waals surface area contributed by atoms with Gasteiger partial charge in [0.15, 0.2) is 0 Å². The van der Waals surface area contributed by atoms with Gasteiger partial charge in [-0.15, -0.1) is 0 Å². The molecule has 1 spiro atoms. The lowest BCUT2D eigenvalue weighted by Crippen LogP contribution is -2.38. The van der Waals surface area contributed by atoms with Crippen molar-refractivity contribution in [3.63, 3.8) is 0 Å². The zero-order chi connectivity index (χ0) is 31.8. The third-order valence-corrected chi connectivity index (χ3v) is 8.14. The molecule has 1 unspecified atom stereocenters. The van der Waals surface area contributed by atoms with Crippen molar-refractivity contribution < 1.29 is 37.8 Å². The maximum absolute atomic E-state index is 14.4. The predicted molar refractivity (Wildman–Crippen MR) is 162 cm³/mol. The number of halogens is 3. The van der Waals surface area contributed by atoms with E-state index in [4.69, 9.17) is 21.2 Å². The summed E-state index contributed by atoms with van der Waals surface area (Å²) in [7, 11) is 1.50. The fourth-order valence-corrected chi connectivity index (χ4v) is 5.28. The van der Waals surface area contributed by atoms with Crippen LogP contribution in [0.1, 0.15) is 56.3 Å². The minimum absolute atomic E-state index is 0.0225. The molecule has 1 aliphatic heterocycles. The summed E-state index contributed by atoms with van der Waals surface area (Å²) in [5, 5.41) is 17.2. The number of fused-ring (bicyclic) bond motifs is 2. The highest BCUT2D eigenvalue weighted by molar-refractivity contribution is 6.30. The molecule has 9 nitrogen and oxygen atoms in total. The van der Waals surface area contributed by atoms with Crippen LogP contribution in [0.4, 0.5) is 20.2 Å². The van der Waals surface area contributed by atoms with Gasteiger partial charge in [-0.1, -0.05) is 35.0 Å². The van der Waals surface area contributed by atoms with E-state index in [0.29, 0.717) is 45.5 Å². The number of methoxy groups -OCH3 is 1. The molecule has 1 saturated carbocycles. The third-order valence-electron chi connectivity index (χ3n) is 7.88. The lowest BCUT2D eigenvalue weighted by molar-refractivity contribution is -0.161. The molecule has 0 radical (unpaired) electrons. The molecule has 0 saturated heterocycles. The largest absolute Gasteiger partial charge is 0.497 e. The first-order chi connectivity index (χ1) is 20.8. The number of hydrogen-bond donors (Lipinski definition) is 2. The number of carboxylic acids is 1. The number of oxime groups is 1. The highest BCUT2D eigenvalue weighted by Crippen LogP contribution is 2.57. The molecule has 1 atom stereocenters. The average molecular weight is 628 g/mol. The van der Waals surface area contributed by atoms with Gasteiger partial charge in [-0.25, -0.2) is 4.79 Å². The van der Waals surface area contributed by atoms with Crippen molar-refractivity contribution >= 4 is 40.6 Å². The van der Waals surface area contributed by atoms with E-state index >= 15 is 0 Å². The van der Waals surface area contributed by atoms with Gasteiger partial charge in [-0.3, -0.25) is 4.79 Å². The fraction of sp³-hybridized carbons (Fsp3) is 0.344. The summed E-state index contributed by atoms with van der Waals surface area (Å²) in [5.74, 6) is -1.04. The highest BCUT2D eigenvalue weighted by Gasteiger charge is 2.53. The number of benzene rings is 3. The number of aliphatic carboxylic acids is 1. The summed E-state index contributed by atoms with van der Waals surface area (Å²) in [6.07, 6.45) is 1.77. The van der Waals surface area contributed by atoms with Crippen LogP contribution in [0, 0.1) is 0 Å². The number of rotatable bonds is 11. The van der Waals surface area contributed by atoms with Crippen LogP contribution in [0.3, 0.4) is 0 Å². The third kappa shape index (κ3) is 6.42. The molecular weight excluding hydrogens is 596 g/mol. The van der Waals surface area contributed by atoms with Gasteiger partial charge in [0.05, 0.1) is 18.5 Å². The van der Waals surface area contributed by atoms with E-state index in [1.165, 1.54) is 33.1 Å². The van der Waals surface area contributed by atoms with Gasteiger partial charge < -0.3 is 29.6 Å². The predicted octanol–water partition coefficient (Wildman–Crippen LogP) is 6.79. The van der Waals surface area contributed by atoms with Crippen LogP contribution in [0.2, 0.25) is 5.02 Å². The molecule has 2 aliphatic rings. The number of alkyl halides is 2. The normalized spacial score (nSPS) is 16.0. The van der Waals surface area contributed by atoms with Crippen molar-refractivity contribution in [1.29, 1.82) is 0 Å². The molecule has 0 bridgehead atoms. The van der Waals surface area contributed by atoms with Crippen LogP contribution in [0.5, 0.6) is 11.5 Å². The summed E-state index contributed by atoms with van der Waals surface area (Å²) in [6, 6.07) is 15.9. The number of nitrogens with one attached hydrogen (secondary N) is 1. The number of carboxylic acid groups (broad SMARTS) is 1. The summed E-state index contributed by atoms with van der Waals surface area (Å²) in [6.45, 7) is 1.85. The van der Waals surface area contributed by atoms with E-state index in [-0.39, 0.29) is 17.1 Å². The quantitative estimate of drug-likeness (QED) is 0.178. The van der Waals surface area contributed by atoms with Crippen molar-refractivity contribution in [1.82, 2.24) is 0 Å². The van der Waals surface area contributed by atoms with E-state index in [1.54, 1.807) is 60.4 Å². The fourth-order valence-electron chi connectivity index (χ4n) is 5.16. The van der Waals surface area contributed by atoms with Gasteiger partial charge in [-0.05, 0) is 75.1 Å². The molecule has 1 amide bonds. The molecule has 3 aromatic carbocycles. The summed E-state index contributed by atoms with van der Waals surface area (Å²) in [5.41, 5.74) is 1.80. The lowest BCUT2D eigenvalue weighted by atomic mass is 9.99. The zero-order valence-electron chi connectivity index (χ0n) is 24.6. The van der Waals surface area contributed by atoms with Crippen molar-refractivity contribution in [3.8, 4) is 11.5 Å². The second-order valence-electron chi connectivity index (χ2n) is 11.4. The van der Waals surface area contributed by atoms with Crippen LogP contribution in [-0.4, -0.2) is 48.6 Å². The average Bonchev–Trinajstić information content (AvgIpc) is 3.70. The molecule has 0 aromatic heterocycles. The Labute approximate surface area is 258 Å². The van der Waals surface area contributed by atoms with E-state index in [9.17, 15) is 23.5 Å². The summed E-state index contributed by atoms with van der Waals surface area (Å²) < 4.78 is 36.2. The van der Waals surface area contributed by atoms with E-state index in [0.717, 1.165) is 18.4 Å². The van der Waals surface area contributed by atoms with Crippen molar-refractivity contribution in [2.24, 2.45) is 5.16 Å². The smallest absolute Gasteiger partial charge is 0.387 e. The first-order valence-electron chi connectivity index (χ1n) is 13.9. The number of nitrogens with zero attached hydrogens (tertiary/aromatic N) is 2. The SMILES string of the molecule is COc1cc(NC(C(=O)N2CC3(CC3)c3ccc(OC(F)F)cc32)c2ccc(Cl)cc2)cc(C(C)=NOC(C)(C)C(=O)O)c1. The van der Waals surface area contributed by atoms with E-state index < -0.39 is 24.2 Å². The number of carbonyl (C=O) groups excluding carboxylic acids is 1. The van der Waals surface area contributed by atoms with Crippen LogP contribution < -0.4 is 19.7 Å². The summed E-state index contributed by atoms with van der Waals surface area (Å²) >= 11 is 6.16. The first kappa shape index (κ1) is 31.1. The van der Waals surface area contributed by atoms with Crippen LogP contribution in [0.15, 0.2) is 65.8 Å². The Morgan fingerprint density at radius 3 is 2.39 bits per heavy atom. The van der Waals surface area contributed by atoms with Crippen molar-refractivity contribution in [3.05, 3.63) is 82.4 Å². The van der Waals surface area contributed by atoms with E-state index in [1.807, 2.05) is 0 Å². The maximum atomic E-state index is 14.4. The van der Waals surface area contributed by atoms with Crippen molar-refractivity contribution in [2.45, 2.75) is 57.3 Å². The number of amides is 1.